The number of carboxylic acids is 1. The molecule has 1 N–H and O–H groups in total. The summed E-state index contributed by atoms with van der Waals surface area (Å²) >= 11 is 0. The van der Waals surface area contributed by atoms with Gasteiger partial charge in [-0.15, -0.1) is 0 Å². The van der Waals surface area contributed by atoms with Gasteiger partial charge < -0.3 is 9.84 Å². The van der Waals surface area contributed by atoms with Crippen molar-refractivity contribution >= 4 is 17.7 Å². The van der Waals surface area contributed by atoms with E-state index in [-0.39, 0.29) is 18.6 Å². The number of ketones is 1. The Morgan fingerprint density at radius 1 is 0.710 bits per heavy atom. The van der Waals surface area contributed by atoms with Gasteiger partial charge in [-0.3, -0.25) is 14.4 Å². The molecular weight excluding hydrogens is 392 g/mol. The molecule has 0 aliphatic heterocycles. The highest BCUT2D eigenvalue weighted by molar-refractivity contribution is 5.99. The Kier molecular flexibility index (Phi) is 19.6. The number of hydrogen-bond acceptors (Lipinski definition) is 4. The summed E-state index contributed by atoms with van der Waals surface area (Å²) in [5.74, 6) is -1.92. The predicted octanol–water partition coefficient (Wildman–Crippen LogP) is 7.11. The van der Waals surface area contributed by atoms with Crippen LogP contribution in [0.25, 0.3) is 0 Å². The van der Waals surface area contributed by atoms with E-state index in [2.05, 4.69) is 20.8 Å². The van der Waals surface area contributed by atoms with E-state index in [1.54, 1.807) is 0 Å². The van der Waals surface area contributed by atoms with Crippen LogP contribution < -0.4 is 0 Å². The molecular formula is C26H48O5. The molecule has 0 amide bonds. The first-order chi connectivity index (χ1) is 15.0. The molecule has 0 aliphatic rings. The number of carbonyl (C=O) groups is 3. The zero-order valence-corrected chi connectivity index (χ0v) is 20.5. The number of unbranched alkanes of at least 4 members (excludes halogenated alkanes) is 9. The minimum absolute atomic E-state index is 0.0246. The standard InChI is InChI=1S/C26H48O5/c1-4-7-9-10-11-12-13-14-15-19-24(27)23(18-16-20-25(28)29)26(30)31-21-22(6-3)17-8-5-2/h22-23H,4-21H2,1-3H3,(H,28,29). The molecule has 0 spiro atoms. The minimum Gasteiger partial charge on any atom is -0.481 e. The van der Waals surface area contributed by atoms with Gasteiger partial charge in [-0.2, -0.15) is 0 Å². The molecule has 0 saturated heterocycles. The fourth-order valence-electron chi connectivity index (χ4n) is 3.85. The van der Waals surface area contributed by atoms with Crippen molar-refractivity contribution in [3.8, 4) is 0 Å². The van der Waals surface area contributed by atoms with E-state index in [0.717, 1.165) is 44.9 Å². The molecule has 0 fully saturated rings. The maximum Gasteiger partial charge on any atom is 0.316 e. The molecule has 182 valence electrons. The summed E-state index contributed by atoms with van der Waals surface area (Å²) in [4.78, 5) is 36.2. The fraction of sp³-hybridized carbons (Fsp3) is 0.885. The number of rotatable bonds is 22. The number of esters is 1. The van der Waals surface area contributed by atoms with Crippen molar-refractivity contribution in [1.29, 1.82) is 0 Å². The Morgan fingerprint density at radius 3 is 1.84 bits per heavy atom. The maximum absolute atomic E-state index is 12.7. The van der Waals surface area contributed by atoms with E-state index >= 15 is 0 Å². The second-order valence-corrected chi connectivity index (χ2v) is 8.93. The van der Waals surface area contributed by atoms with E-state index in [1.807, 2.05) is 0 Å². The van der Waals surface area contributed by atoms with Crippen LogP contribution in [-0.4, -0.2) is 29.4 Å². The van der Waals surface area contributed by atoms with Crippen LogP contribution in [0, 0.1) is 11.8 Å². The number of aliphatic carboxylic acids is 1. The zero-order chi connectivity index (χ0) is 23.3. The molecule has 0 heterocycles. The molecule has 0 rings (SSSR count). The Balaban J connectivity index is 4.40. The number of carbonyl (C=O) groups excluding carboxylic acids is 2. The molecule has 0 bridgehead atoms. The fourth-order valence-corrected chi connectivity index (χ4v) is 3.85. The lowest BCUT2D eigenvalue weighted by molar-refractivity contribution is -0.154. The van der Waals surface area contributed by atoms with E-state index in [4.69, 9.17) is 9.84 Å². The van der Waals surface area contributed by atoms with Gasteiger partial charge in [-0.1, -0.05) is 91.4 Å². The molecule has 0 aliphatic carbocycles. The van der Waals surface area contributed by atoms with E-state index in [0.29, 0.717) is 25.4 Å². The largest absolute Gasteiger partial charge is 0.481 e. The van der Waals surface area contributed by atoms with Crippen LogP contribution >= 0.6 is 0 Å². The van der Waals surface area contributed by atoms with Crippen LogP contribution in [0.5, 0.6) is 0 Å². The van der Waals surface area contributed by atoms with Crippen molar-refractivity contribution in [3.63, 3.8) is 0 Å². The highest BCUT2D eigenvalue weighted by Crippen LogP contribution is 2.19. The summed E-state index contributed by atoms with van der Waals surface area (Å²) in [7, 11) is 0. The summed E-state index contributed by atoms with van der Waals surface area (Å²) in [6.45, 7) is 6.81. The zero-order valence-electron chi connectivity index (χ0n) is 20.5. The Labute approximate surface area is 190 Å². The first-order valence-electron chi connectivity index (χ1n) is 12.9. The van der Waals surface area contributed by atoms with Gasteiger partial charge in [-0.25, -0.2) is 0 Å². The van der Waals surface area contributed by atoms with Gasteiger partial charge in [0, 0.05) is 12.8 Å². The van der Waals surface area contributed by atoms with Crippen molar-refractivity contribution in [1.82, 2.24) is 0 Å². The smallest absolute Gasteiger partial charge is 0.316 e. The summed E-state index contributed by atoms with van der Waals surface area (Å²) < 4.78 is 5.52. The molecule has 31 heavy (non-hydrogen) atoms. The first kappa shape index (κ1) is 29.6. The van der Waals surface area contributed by atoms with Crippen molar-refractivity contribution in [2.45, 2.75) is 130 Å². The lowest BCUT2D eigenvalue weighted by Gasteiger charge is -2.18. The van der Waals surface area contributed by atoms with Crippen LogP contribution in [0.4, 0.5) is 0 Å². The normalized spacial score (nSPS) is 13.0. The molecule has 0 radical (unpaired) electrons. The van der Waals surface area contributed by atoms with Crippen molar-refractivity contribution < 1.29 is 24.2 Å². The average Bonchev–Trinajstić information content (AvgIpc) is 2.75. The van der Waals surface area contributed by atoms with Gasteiger partial charge in [-0.05, 0) is 31.6 Å². The van der Waals surface area contributed by atoms with Crippen LogP contribution in [0.15, 0.2) is 0 Å². The molecule has 5 heteroatoms. The molecule has 2 unspecified atom stereocenters. The summed E-state index contributed by atoms with van der Waals surface area (Å²) in [5.41, 5.74) is 0. The predicted molar refractivity (Wildman–Crippen MR) is 126 cm³/mol. The van der Waals surface area contributed by atoms with Crippen molar-refractivity contribution in [2.24, 2.45) is 11.8 Å². The molecule has 2 atom stereocenters. The van der Waals surface area contributed by atoms with Crippen LogP contribution in [0.2, 0.25) is 0 Å². The Bertz CT molecular complexity index is 474. The van der Waals surface area contributed by atoms with Gasteiger partial charge in [0.05, 0.1) is 6.61 Å². The topological polar surface area (TPSA) is 80.7 Å². The average molecular weight is 441 g/mol. The second kappa shape index (κ2) is 20.5. The highest BCUT2D eigenvalue weighted by Gasteiger charge is 2.28. The summed E-state index contributed by atoms with van der Waals surface area (Å²) in [6.07, 6.45) is 15.7. The lowest BCUT2D eigenvalue weighted by atomic mass is 9.93. The van der Waals surface area contributed by atoms with Crippen LogP contribution in [0.3, 0.4) is 0 Å². The molecule has 0 aromatic rings. The van der Waals surface area contributed by atoms with Crippen molar-refractivity contribution in [2.75, 3.05) is 6.61 Å². The van der Waals surface area contributed by atoms with Crippen LogP contribution in [-0.2, 0) is 19.1 Å². The van der Waals surface area contributed by atoms with Gasteiger partial charge in [0.1, 0.15) is 11.7 Å². The van der Waals surface area contributed by atoms with Gasteiger partial charge >= 0.3 is 11.9 Å². The number of Topliss-reactive ketones (excluding diaryl/α,β-unsaturated/α-hetero) is 1. The minimum atomic E-state index is -0.899. The number of hydrogen-bond donors (Lipinski definition) is 1. The Hall–Kier alpha value is -1.39. The highest BCUT2D eigenvalue weighted by atomic mass is 16.5. The first-order valence-corrected chi connectivity index (χ1v) is 12.9. The second-order valence-electron chi connectivity index (χ2n) is 8.93. The SMILES string of the molecule is CCCCCCCCCCCC(=O)C(CCCC(=O)O)C(=O)OCC(CC)CCCC. The number of carboxylic acid groups (broad SMARTS) is 1. The van der Waals surface area contributed by atoms with Crippen molar-refractivity contribution in [3.05, 3.63) is 0 Å². The Morgan fingerprint density at radius 2 is 1.29 bits per heavy atom. The van der Waals surface area contributed by atoms with E-state index < -0.39 is 17.9 Å². The van der Waals surface area contributed by atoms with Gasteiger partial charge in [0.25, 0.3) is 0 Å². The summed E-state index contributed by atoms with van der Waals surface area (Å²) in [5, 5.41) is 8.88. The van der Waals surface area contributed by atoms with Crippen LogP contribution in [0.1, 0.15) is 130 Å². The van der Waals surface area contributed by atoms with Gasteiger partial charge in [0.15, 0.2) is 0 Å². The third kappa shape index (κ3) is 16.9. The maximum atomic E-state index is 12.7. The summed E-state index contributed by atoms with van der Waals surface area (Å²) in [6, 6.07) is 0. The molecule has 0 saturated carbocycles. The lowest BCUT2D eigenvalue weighted by Crippen LogP contribution is -2.28. The van der Waals surface area contributed by atoms with E-state index in [1.165, 1.54) is 38.5 Å². The molecule has 0 aromatic carbocycles. The van der Waals surface area contributed by atoms with E-state index in [9.17, 15) is 14.4 Å². The third-order valence-corrected chi connectivity index (χ3v) is 6.09. The molecule has 0 aromatic heterocycles. The number of ether oxygens (including phenoxy) is 1. The third-order valence-electron chi connectivity index (χ3n) is 6.09. The quantitative estimate of drug-likeness (QED) is 0.110. The molecule has 5 nitrogen and oxygen atoms in total. The van der Waals surface area contributed by atoms with Gasteiger partial charge in [0.2, 0.25) is 0 Å². The monoisotopic (exact) mass is 440 g/mol.